The van der Waals surface area contributed by atoms with Crippen molar-refractivity contribution in [3.63, 3.8) is 0 Å². The van der Waals surface area contributed by atoms with Crippen molar-refractivity contribution >= 4 is 5.91 Å². The lowest BCUT2D eigenvalue weighted by Gasteiger charge is -2.10. The zero-order valence-electron chi connectivity index (χ0n) is 16.4. The molecule has 7 heteroatoms. The Bertz CT molecular complexity index is 1100. The number of hydrogen-bond acceptors (Lipinski definition) is 4. The summed E-state index contributed by atoms with van der Waals surface area (Å²) in [5.74, 6) is 0.341. The Morgan fingerprint density at radius 3 is 2.31 bits per heavy atom. The molecular formula is C22H23N3O4. The number of hydrogen-bond donors (Lipinski definition) is 1. The van der Waals surface area contributed by atoms with E-state index >= 15 is 0 Å². The van der Waals surface area contributed by atoms with Crippen LogP contribution in [-0.4, -0.2) is 21.6 Å². The average Bonchev–Trinajstić information content (AvgIpc) is 2.72. The van der Waals surface area contributed by atoms with E-state index in [2.05, 4.69) is 5.32 Å². The number of aromatic nitrogens is 2. The lowest BCUT2D eigenvalue weighted by molar-refractivity contribution is -0.121. The topological polar surface area (TPSA) is 82.3 Å². The molecule has 3 aromatic rings. The Balaban J connectivity index is 1.70. The molecule has 1 amide bonds. The quantitative estimate of drug-likeness (QED) is 0.623. The van der Waals surface area contributed by atoms with Crippen LogP contribution in [0.3, 0.4) is 0 Å². The number of amides is 1. The van der Waals surface area contributed by atoms with E-state index in [9.17, 15) is 14.4 Å². The molecule has 3 rings (SSSR count). The van der Waals surface area contributed by atoms with Crippen molar-refractivity contribution in [2.75, 3.05) is 6.61 Å². The number of rotatable bonds is 7. The van der Waals surface area contributed by atoms with Gasteiger partial charge >= 0.3 is 11.1 Å². The molecule has 0 saturated heterocycles. The Kier molecular flexibility index (Phi) is 6.29. The monoisotopic (exact) mass is 393 g/mol. The predicted octanol–water partition coefficient (Wildman–Crippen LogP) is 2.02. The number of benzene rings is 2. The maximum Gasteiger partial charge on any atom is 0.320 e. The highest BCUT2D eigenvalue weighted by molar-refractivity contribution is 5.75. The largest absolute Gasteiger partial charge is 0.494 e. The summed E-state index contributed by atoms with van der Waals surface area (Å²) in [5.41, 5.74) is 1.17. The molecule has 0 aliphatic rings. The summed E-state index contributed by atoms with van der Waals surface area (Å²) in [6, 6.07) is 14.7. The van der Waals surface area contributed by atoms with Crippen LogP contribution in [-0.2, 0) is 17.9 Å². The molecule has 29 heavy (non-hydrogen) atoms. The van der Waals surface area contributed by atoms with E-state index in [0.29, 0.717) is 24.6 Å². The summed E-state index contributed by atoms with van der Waals surface area (Å²) >= 11 is 0. The second kappa shape index (κ2) is 9.05. The molecule has 1 heterocycles. The minimum absolute atomic E-state index is 0.218. The highest BCUT2D eigenvalue weighted by Crippen LogP contribution is 2.13. The van der Waals surface area contributed by atoms with Gasteiger partial charge in [-0.2, -0.15) is 0 Å². The van der Waals surface area contributed by atoms with Crippen LogP contribution >= 0.6 is 0 Å². The molecule has 0 radical (unpaired) electrons. The normalized spacial score (nSPS) is 10.6. The van der Waals surface area contributed by atoms with E-state index in [1.54, 1.807) is 24.3 Å². The molecule has 0 saturated carbocycles. The molecule has 1 N–H and O–H groups in total. The lowest BCUT2D eigenvalue weighted by atomic mass is 10.1. The minimum atomic E-state index is -0.758. The second-order valence-electron chi connectivity index (χ2n) is 6.60. The van der Waals surface area contributed by atoms with E-state index in [0.717, 1.165) is 15.7 Å². The Labute approximate surface area is 168 Å². The molecule has 150 valence electrons. The van der Waals surface area contributed by atoms with Crippen molar-refractivity contribution in [2.24, 2.45) is 0 Å². The van der Waals surface area contributed by atoms with Gasteiger partial charge < -0.3 is 10.1 Å². The van der Waals surface area contributed by atoms with Crippen LogP contribution in [0.2, 0.25) is 0 Å². The van der Waals surface area contributed by atoms with Gasteiger partial charge in [0.2, 0.25) is 5.91 Å². The van der Waals surface area contributed by atoms with Crippen LogP contribution in [0.1, 0.15) is 18.1 Å². The summed E-state index contributed by atoms with van der Waals surface area (Å²) < 4.78 is 7.73. The van der Waals surface area contributed by atoms with Gasteiger partial charge in [0.05, 0.1) is 6.61 Å². The third-order valence-electron chi connectivity index (χ3n) is 4.41. The Morgan fingerprint density at radius 1 is 0.966 bits per heavy atom. The van der Waals surface area contributed by atoms with Crippen molar-refractivity contribution in [3.05, 3.63) is 92.8 Å². The number of nitrogens with one attached hydrogen (secondary N) is 1. The minimum Gasteiger partial charge on any atom is -0.494 e. The summed E-state index contributed by atoms with van der Waals surface area (Å²) in [5, 5.41) is 2.76. The van der Waals surface area contributed by atoms with Gasteiger partial charge in [-0.3, -0.25) is 23.5 Å². The van der Waals surface area contributed by atoms with E-state index in [4.69, 9.17) is 4.74 Å². The van der Waals surface area contributed by atoms with Gasteiger partial charge in [-0.1, -0.05) is 29.8 Å². The van der Waals surface area contributed by atoms with Crippen LogP contribution in [0.15, 0.2) is 70.5 Å². The first-order valence-corrected chi connectivity index (χ1v) is 9.35. The maximum absolute atomic E-state index is 12.5. The molecule has 0 unspecified atom stereocenters. The number of aryl methyl sites for hydroxylation is 1. The summed E-state index contributed by atoms with van der Waals surface area (Å²) in [6.07, 6.45) is 2.91. The van der Waals surface area contributed by atoms with Gasteiger partial charge in [-0.05, 0) is 43.7 Å². The fourth-order valence-corrected chi connectivity index (χ4v) is 2.82. The van der Waals surface area contributed by atoms with E-state index < -0.39 is 11.1 Å². The van der Waals surface area contributed by atoms with Gasteiger partial charge in [0.25, 0.3) is 0 Å². The SMILES string of the molecule is CCOc1ccc(-n2ccn(CC(=O)NCc3ccc(C)cc3)c(=O)c2=O)cc1. The summed E-state index contributed by atoms with van der Waals surface area (Å²) in [4.78, 5) is 37.0. The van der Waals surface area contributed by atoms with E-state index in [1.807, 2.05) is 38.1 Å². The summed E-state index contributed by atoms with van der Waals surface area (Å²) in [6.45, 7) is 4.56. The van der Waals surface area contributed by atoms with Crippen LogP contribution < -0.4 is 21.2 Å². The molecular weight excluding hydrogens is 370 g/mol. The first kappa shape index (κ1) is 20.1. The molecule has 0 aliphatic heterocycles. The molecule has 7 nitrogen and oxygen atoms in total. The molecule has 0 atom stereocenters. The van der Waals surface area contributed by atoms with Gasteiger partial charge in [0.1, 0.15) is 12.3 Å². The van der Waals surface area contributed by atoms with Crippen LogP contribution in [0.5, 0.6) is 5.75 Å². The molecule has 0 bridgehead atoms. The van der Waals surface area contributed by atoms with Crippen molar-refractivity contribution in [2.45, 2.75) is 26.9 Å². The lowest BCUT2D eigenvalue weighted by Crippen LogP contribution is -2.42. The standard InChI is InChI=1S/C22H23N3O4/c1-3-29-19-10-8-18(9-11-19)25-13-12-24(21(27)22(25)28)15-20(26)23-14-17-6-4-16(2)5-7-17/h4-13H,3,14-15H2,1-2H3,(H,23,26). The molecule has 2 aromatic carbocycles. The predicted molar refractivity (Wildman–Crippen MR) is 110 cm³/mol. The first-order valence-electron chi connectivity index (χ1n) is 9.35. The maximum atomic E-state index is 12.5. The van der Waals surface area contributed by atoms with Crippen LogP contribution in [0, 0.1) is 6.92 Å². The van der Waals surface area contributed by atoms with Crippen molar-refractivity contribution in [1.29, 1.82) is 0 Å². The molecule has 0 fully saturated rings. The smallest absolute Gasteiger partial charge is 0.320 e. The Morgan fingerprint density at radius 2 is 1.66 bits per heavy atom. The fourth-order valence-electron chi connectivity index (χ4n) is 2.82. The zero-order valence-corrected chi connectivity index (χ0v) is 16.4. The van der Waals surface area contributed by atoms with Gasteiger partial charge in [-0.25, -0.2) is 0 Å². The average molecular weight is 393 g/mol. The third-order valence-corrected chi connectivity index (χ3v) is 4.41. The van der Waals surface area contributed by atoms with Crippen molar-refractivity contribution in [1.82, 2.24) is 14.5 Å². The fraction of sp³-hybridized carbons (Fsp3) is 0.227. The number of carbonyl (C=O) groups is 1. The van der Waals surface area contributed by atoms with E-state index in [-0.39, 0.29) is 12.5 Å². The highest BCUT2D eigenvalue weighted by atomic mass is 16.5. The summed E-state index contributed by atoms with van der Waals surface area (Å²) in [7, 11) is 0. The molecule has 0 aliphatic carbocycles. The number of ether oxygens (including phenoxy) is 1. The molecule has 1 aromatic heterocycles. The first-order chi connectivity index (χ1) is 14.0. The molecule has 0 spiro atoms. The van der Waals surface area contributed by atoms with Crippen molar-refractivity contribution < 1.29 is 9.53 Å². The van der Waals surface area contributed by atoms with Gasteiger partial charge in [-0.15, -0.1) is 0 Å². The van der Waals surface area contributed by atoms with E-state index in [1.165, 1.54) is 17.0 Å². The third kappa shape index (κ3) is 5.01. The zero-order chi connectivity index (χ0) is 20.8. The van der Waals surface area contributed by atoms with Crippen molar-refractivity contribution in [3.8, 4) is 11.4 Å². The van der Waals surface area contributed by atoms with Crippen LogP contribution in [0.25, 0.3) is 5.69 Å². The Hall–Kier alpha value is -3.61. The van der Waals surface area contributed by atoms with Gasteiger partial charge in [0.15, 0.2) is 0 Å². The second-order valence-corrected chi connectivity index (χ2v) is 6.60. The van der Waals surface area contributed by atoms with Gasteiger partial charge in [0, 0.05) is 24.6 Å². The van der Waals surface area contributed by atoms with Crippen LogP contribution in [0.4, 0.5) is 0 Å². The number of carbonyl (C=O) groups excluding carboxylic acids is 1. The highest BCUT2D eigenvalue weighted by Gasteiger charge is 2.10. The number of nitrogens with zero attached hydrogens (tertiary/aromatic N) is 2.